The van der Waals surface area contributed by atoms with Crippen LogP contribution in [0.15, 0.2) is 48.5 Å². The summed E-state index contributed by atoms with van der Waals surface area (Å²) >= 11 is 0. The van der Waals surface area contributed by atoms with Crippen molar-refractivity contribution in [2.24, 2.45) is 0 Å². The maximum Gasteiger partial charge on any atom is 0.251 e. The first kappa shape index (κ1) is 19.0. The third-order valence-corrected chi connectivity index (χ3v) is 4.40. The van der Waals surface area contributed by atoms with Gasteiger partial charge in [0.05, 0.1) is 6.54 Å². The monoisotopic (exact) mass is 369 g/mol. The standard InChI is InChI=1S/C21H24FN3O2/c1-25(14-20(26)23-12-15-4-8-18(22)9-5-15)13-16-2-6-17(7-3-16)21(27)24-19-10-11-19/h2-9,19H,10-14H2,1H3,(H,23,26)(H,24,27). The molecule has 0 spiro atoms. The molecule has 1 saturated carbocycles. The zero-order chi connectivity index (χ0) is 19.2. The van der Waals surface area contributed by atoms with E-state index in [0.717, 1.165) is 24.0 Å². The molecule has 2 aromatic carbocycles. The van der Waals surface area contributed by atoms with Crippen molar-refractivity contribution in [1.82, 2.24) is 15.5 Å². The van der Waals surface area contributed by atoms with Crippen LogP contribution >= 0.6 is 0 Å². The molecule has 0 aromatic heterocycles. The van der Waals surface area contributed by atoms with Crippen LogP contribution in [0.25, 0.3) is 0 Å². The molecule has 2 amide bonds. The molecule has 0 aliphatic heterocycles. The Hall–Kier alpha value is -2.73. The van der Waals surface area contributed by atoms with Crippen LogP contribution in [0.1, 0.15) is 34.3 Å². The van der Waals surface area contributed by atoms with E-state index in [1.807, 2.05) is 36.2 Å². The minimum atomic E-state index is -0.291. The number of rotatable bonds is 8. The molecular formula is C21H24FN3O2. The molecule has 0 radical (unpaired) electrons. The lowest BCUT2D eigenvalue weighted by Gasteiger charge is -2.16. The lowest BCUT2D eigenvalue weighted by atomic mass is 10.1. The number of likely N-dealkylation sites (N-methyl/N-ethyl adjacent to an activating group) is 1. The van der Waals surface area contributed by atoms with Crippen LogP contribution in [0, 0.1) is 5.82 Å². The van der Waals surface area contributed by atoms with Crippen LogP contribution in [-0.2, 0) is 17.9 Å². The zero-order valence-corrected chi connectivity index (χ0v) is 15.4. The number of halogens is 1. The molecule has 142 valence electrons. The van der Waals surface area contributed by atoms with Gasteiger partial charge in [0.15, 0.2) is 0 Å². The summed E-state index contributed by atoms with van der Waals surface area (Å²) in [6.07, 6.45) is 2.13. The second kappa shape index (κ2) is 8.77. The first-order chi connectivity index (χ1) is 13.0. The van der Waals surface area contributed by atoms with Crippen molar-refractivity contribution in [3.05, 3.63) is 71.0 Å². The highest BCUT2D eigenvalue weighted by Gasteiger charge is 2.23. The van der Waals surface area contributed by atoms with Gasteiger partial charge < -0.3 is 10.6 Å². The quantitative estimate of drug-likeness (QED) is 0.751. The summed E-state index contributed by atoms with van der Waals surface area (Å²) in [6, 6.07) is 13.9. The van der Waals surface area contributed by atoms with Crippen molar-refractivity contribution in [1.29, 1.82) is 0 Å². The summed E-state index contributed by atoms with van der Waals surface area (Å²) in [5.74, 6) is -0.416. The molecule has 2 N–H and O–H groups in total. The van der Waals surface area contributed by atoms with Crippen molar-refractivity contribution in [3.63, 3.8) is 0 Å². The number of nitrogens with zero attached hydrogens (tertiary/aromatic N) is 1. The maximum atomic E-state index is 12.9. The number of carbonyl (C=O) groups excluding carboxylic acids is 2. The predicted octanol–water partition coefficient (Wildman–Crippen LogP) is 2.47. The van der Waals surface area contributed by atoms with Crippen LogP contribution in [0.4, 0.5) is 4.39 Å². The largest absolute Gasteiger partial charge is 0.351 e. The Labute approximate surface area is 158 Å². The summed E-state index contributed by atoms with van der Waals surface area (Å²) in [5.41, 5.74) is 2.55. The average molecular weight is 369 g/mol. The van der Waals surface area contributed by atoms with Crippen LogP contribution < -0.4 is 10.6 Å². The van der Waals surface area contributed by atoms with Crippen molar-refractivity contribution >= 4 is 11.8 Å². The molecule has 0 unspecified atom stereocenters. The smallest absolute Gasteiger partial charge is 0.251 e. The molecular weight excluding hydrogens is 345 g/mol. The zero-order valence-electron chi connectivity index (χ0n) is 15.4. The van der Waals surface area contributed by atoms with E-state index >= 15 is 0 Å². The molecule has 2 aromatic rings. The van der Waals surface area contributed by atoms with E-state index in [0.29, 0.717) is 24.7 Å². The first-order valence-electron chi connectivity index (χ1n) is 9.09. The third-order valence-electron chi connectivity index (χ3n) is 4.40. The number of benzene rings is 2. The molecule has 0 atom stereocenters. The number of amides is 2. The maximum absolute atomic E-state index is 12.9. The van der Waals surface area contributed by atoms with Crippen LogP contribution in [0.2, 0.25) is 0 Å². The Balaban J connectivity index is 1.42. The van der Waals surface area contributed by atoms with Crippen molar-refractivity contribution in [2.75, 3.05) is 13.6 Å². The highest BCUT2D eigenvalue weighted by atomic mass is 19.1. The summed E-state index contributed by atoms with van der Waals surface area (Å²) < 4.78 is 12.9. The van der Waals surface area contributed by atoms with Gasteiger partial charge in [0.25, 0.3) is 5.91 Å². The van der Waals surface area contributed by atoms with E-state index in [4.69, 9.17) is 0 Å². The van der Waals surface area contributed by atoms with Gasteiger partial charge >= 0.3 is 0 Å². The van der Waals surface area contributed by atoms with Gasteiger partial charge in [0.1, 0.15) is 5.82 Å². The van der Waals surface area contributed by atoms with Gasteiger partial charge in [0.2, 0.25) is 5.91 Å². The fourth-order valence-corrected chi connectivity index (χ4v) is 2.73. The van der Waals surface area contributed by atoms with Crippen molar-refractivity contribution in [2.45, 2.75) is 32.0 Å². The van der Waals surface area contributed by atoms with Gasteiger partial charge in [-0.3, -0.25) is 14.5 Å². The Morgan fingerprint density at radius 2 is 1.67 bits per heavy atom. The third kappa shape index (κ3) is 6.18. The van der Waals surface area contributed by atoms with E-state index in [9.17, 15) is 14.0 Å². The summed E-state index contributed by atoms with van der Waals surface area (Å²) in [6.45, 7) is 1.23. The van der Waals surface area contributed by atoms with E-state index in [-0.39, 0.29) is 24.2 Å². The Morgan fingerprint density at radius 1 is 1.04 bits per heavy atom. The van der Waals surface area contributed by atoms with Gasteiger partial charge in [-0.2, -0.15) is 0 Å². The fourth-order valence-electron chi connectivity index (χ4n) is 2.73. The van der Waals surface area contributed by atoms with Gasteiger partial charge in [-0.15, -0.1) is 0 Å². The number of nitrogens with one attached hydrogen (secondary N) is 2. The molecule has 0 heterocycles. The minimum absolute atomic E-state index is 0.0300. The lowest BCUT2D eigenvalue weighted by molar-refractivity contribution is -0.122. The summed E-state index contributed by atoms with van der Waals surface area (Å²) in [5, 5.41) is 5.79. The Bertz CT molecular complexity index is 786. The van der Waals surface area contributed by atoms with E-state index in [1.54, 1.807) is 12.1 Å². The first-order valence-corrected chi connectivity index (χ1v) is 9.09. The Morgan fingerprint density at radius 3 is 2.30 bits per heavy atom. The molecule has 5 nitrogen and oxygen atoms in total. The van der Waals surface area contributed by atoms with Gasteiger partial charge in [-0.1, -0.05) is 24.3 Å². The number of hydrogen-bond donors (Lipinski definition) is 2. The highest BCUT2D eigenvalue weighted by molar-refractivity contribution is 5.94. The molecule has 1 aliphatic carbocycles. The van der Waals surface area contributed by atoms with Crippen molar-refractivity contribution < 1.29 is 14.0 Å². The Kier molecular flexibility index (Phi) is 6.19. The van der Waals surface area contributed by atoms with Gasteiger partial charge in [0, 0.05) is 24.7 Å². The normalized spacial score (nSPS) is 13.4. The fraction of sp³-hybridized carbons (Fsp3) is 0.333. The second-order valence-electron chi connectivity index (χ2n) is 7.02. The molecule has 0 saturated heterocycles. The van der Waals surface area contributed by atoms with Crippen molar-refractivity contribution in [3.8, 4) is 0 Å². The van der Waals surface area contributed by atoms with Gasteiger partial charge in [-0.05, 0) is 55.3 Å². The summed E-state index contributed by atoms with van der Waals surface area (Å²) in [7, 11) is 1.87. The SMILES string of the molecule is CN(CC(=O)NCc1ccc(F)cc1)Cc1ccc(C(=O)NC2CC2)cc1. The highest BCUT2D eigenvalue weighted by Crippen LogP contribution is 2.19. The van der Waals surface area contributed by atoms with Crippen LogP contribution in [0.3, 0.4) is 0 Å². The second-order valence-corrected chi connectivity index (χ2v) is 7.02. The molecule has 0 bridgehead atoms. The van der Waals surface area contributed by atoms with E-state index in [2.05, 4.69) is 10.6 Å². The predicted molar refractivity (Wildman–Crippen MR) is 102 cm³/mol. The van der Waals surface area contributed by atoms with Crippen LogP contribution in [-0.4, -0.2) is 36.3 Å². The molecule has 1 fully saturated rings. The topological polar surface area (TPSA) is 61.4 Å². The van der Waals surface area contributed by atoms with Gasteiger partial charge in [-0.25, -0.2) is 4.39 Å². The summed E-state index contributed by atoms with van der Waals surface area (Å²) in [4.78, 5) is 25.9. The lowest BCUT2D eigenvalue weighted by Crippen LogP contribution is -2.34. The van der Waals surface area contributed by atoms with E-state index in [1.165, 1.54) is 12.1 Å². The minimum Gasteiger partial charge on any atom is -0.351 e. The van der Waals surface area contributed by atoms with Crippen LogP contribution in [0.5, 0.6) is 0 Å². The molecule has 6 heteroatoms. The van der Waals surface area contributed by atoms with E-state index < -0.39 is 0 Å². The molecule has 1 aliphatic rings. The molecule has 27 heavy (non-hydrogen) atoms. The number of hydrogen-bond acceptors (Lipinski definition) is 3. The number of carbonyl (C=O) groups is 2. The molecule has 3 rings (SSSR count). The average Bonchev–Trinajstić information content (AvgIpc) is 3.45.